The molecule has 12 heteroatoms. The van der Waals surface area contributed by atoms with Crippen molar-refractivity contribution in [3.05, 3.63) is 23.4 Å². The number of carbonyl (C=O) groups excluding carboxylic acids is 1. The molecular formula is C19H24N6O3S3. The Morgan fingerprint density at radius 2 is 2.29 bits per heavy atom. The molecule has 9 nitrogen and oxygen atoms in total. The molecule has 1 aliphatic rings. The first-order valence-corrected chi connectivity index (χ1v) is 12.8. The Morgan fingerprint density at radius 1 is 1.35 bits per heavy atom. The fourth-order valence-electron chi connectivity index (χ4n) is 3.10. The van der Waals surface area contributed by atoms with E-state index < -0.39 is 0 Å². The van der Waals surface area contributed by atoms with Crippen LogP contribution in [0.4, 0.5) is 5.13 Å². The lowest BCUT2D eigenvalue weighted by atomic mass is 10.2. The van der Waals surface area contributed by atoms with Crippen molar-refractivity contribution in [1.29, 1.82) is 0 Å². The van der Waals surface area contributed by atoms with Gasteiger partial charge in [-0.3, -0.25) is 4.79 Å². The molecule has 166 valence electrons. The lowest BCUT2D eigenvalue weighted by molar-refractivity contribution is -0.129. The number of nitrogens with one attached hydrogen (secondary N) is 1. The number of nitrogens with zero attached hydrogens (tertiary/aromatic N) is 5. The Kier molecular flexibility index (Phi) is 7.89. The van der Waals surface area contributed by atoms with Crippen LogP contribution in [0.3, 0.4) is 0 Å². The minimum atomic E-state index is 0.00629. The van der Waals surface area contributed by atoms with Crippen molar-refractivity contribution in [2.24, 2.45) is 0 Å². The molecule has 0 aliphatic carbocycles. The van der Waals surface area contributed by atoms with Crippen molar-refractivity contribution in [1.82, 2.24) is 25.3 Å². The third-order valence-electron chi connectivity index (χ3n) is 4.60. The number of anilines is 1. The summed E-state index contributed by atoms with van der Waals surface area (Å²) in [7, 11) is 0. The highest BCUT2D eigenvalue weighted by atomic mass is 32.2. The maximum absolute atomic E-state index is 12.8. The zero-order valence-corrected chi connectivity index (χ0v) is 19.6. The highest BCUT2D eigenvalue weighted by Gasteiger charge is 2.19. The second-order valence-electron chi connectivity index (χ2n) is 6.97. The standard InChI is InChI=1S/C19H24N6O3S3/c1-2-7-25(11-15-21-22-17(28-15)14-6-4-9-29-14)16(26)12-30-19-24-23-18(31-19)20-10-13-5-3-8-27-13/h4,6,9,13H,2-3,5,7-8,10-12H2,1H3,(H,20,23). The average molecular weight is 481 g/mol. The van der Waals surface area contributed by atoms with Gasteiger partial charge in [-0.25, -0.2) is 0 Å². The van der Waals surface area contributed by atoms with Crippen molar-refractivity contribution < 1.29 is 13.9 Å². The largest absolute Gasteiger partial charge is 0.418 e. The van der Waals surface area contributed by atoms with Gasteiger partial charge in [0.1, 0.15) is 0 Å². The van der Waals surface area contributed by atoms with Gasteiger partial charge in [0.2, 0.25) is 16.9 Å². The number of hydrogen-bond donors (Lipinski definition) is 1. The molecule has 1 fully saturated rings. The van der Waals surface area contributed by atoms with Crippen LogP contribution in [0.1, 0.15) is 32.1 Å². The van der Waals surface area contributed by atoms with Crippen LogP contribution in [0.2, 0.25) is 0 Å². The van der Waals surface area contributed by atoms with Crippen LogP contribution in [-0.4, -0.2) is 62.8 Å². The van der Waals surface area contributed by atoms with Crippen molar-refractivity contribution in [3.63, 3.8) is 0 Å². The van der Waals surface area contributed by atoms with E-state index in [9.17, 15) is 4.79 Å². The number of hydrogen-bond acceptors (Lipinski definition) is 11. The maximum atomic E-state index is 12.8. The fraction of sp³-hybridized carbons (Fsp3) is 0.526. The Hall–Kier alpha value is -2.02. The first-order valence-electron chi connectivity index (χ1n) is 10.2. The molecule has 4 heterocycles. The van der Waals surface area contributed by atoms with E-state index in [1.165, 1.54) is 34.4 Å². The summed E-state index contributed by atoms with van der Waals surface area (Å²) in [5.41, 5.74) is 0. The Morgan fingerprint density at radius 3 is 3.06 bits per heavy atom. The number of carbonyl (C=O) groups is 1. The molecule has 31 heavy (non-hydrogen) atoms. The molecule has 1 atom stereocenters. The lowest BCUT2D eigenvalue weighted by Crippen LogP contribution is -2.32. The summed E-state index contributed by atoms with van der Waals surface area (Å²) >= 11 is 4.38. The van der Waals surface area contributed by atoms with Gasteiger partial charge in [0.25, 0.3) is 5.89 Å². The molecule has 1 saturated heterocycles. The van der Waals surface area contributed by atoms with E-state index in [0.717, 1.165) is 46.8 Å². The van der Waals surface area contributed by atoms with Gasteiger partial charge in [0.15, 0.2) is 4.34 Å². The molecule has 3 aromatic rings. The van der Waals surface area contributed by atoms with Crippen LogP contribution in [-0.2, 0) is 16.1 Å². The predicted molar refractivity (Wildman–Crippen MR) is 121 cm³/mol. The second-order valence-corrected chi connectivity index (χ2v) is 10.1. The van der Waals surface area contributed by atoms with Gasteiger partial charge in [-0.2, -0.15) is 0 Å². The number of ether oxygens (including phenoxy) is 1. The molecule has 0 saturated carbocycles. The normalized spacial score (nSPS) is 16.0. The summed E-state index contributed by atoms with van der Waals surface area (Å²) < 4.78 is 12.1. The topological polar surface area (TPSA) is 106 Å². The zero-order valence-electron chi connectivity index (χ0n) is 17.2. The Balaban J connectivity index is 1.27. The highest BCUT2D eigenvalue weighted by Crippen LogP contribution is 2.27. The summed E-state index contributed by atoms with van der Waals surface area (Å²) in [5, 5.41) is 22.5. The average Bonchev–Trinajstić information content (AvgIpc) is 3.57. The number of thioether (sulfide) groups is 1. The molecule has 1 aliphatic heterocycles. The summed E-state index contributed by atoms with van der Waals surface area (Å²) in [6.07, 6.45) is 3.27. The predicted octanol–water partition coefficient (Wildman–Crippen LogP) is 3.77. The first-order chi connectivity index (χ1) is 15.2. The van der Waals surface area contributed by atoms with Crippen molar-refractivity contribution in [2.45, 2.75) is 43.2 Å². The van der Waals surface area contributed by atoms with Gasteiger partial charge < -0.3 is 19.4 Å². The Bertz CT molecular complexity index is 955. The smallest absolute Gasteiger partial charge is 0.257 e. The van der Waals surface area contributed by atoms with Crippen LogP contribution in [0.5, 0.6) is 0 Å². The summed E-state index contributed by atoms with van der Waals surface area (Å²) in [6.45, 7) is 4.53. The highest BCUT2D eigenvalue weighted by molar-refractivity contribution is 8.01. The number of thiophene rings is 1. The SMILES string of the molecule is CCCN(Cc1nnc(-c2cccs2)o1)C(=O)CSc1nnc(NCC2CCCO2)s1. The van der Waals surface area contributed by atoms with E-state index in [-0.39, 0.29) is 17.8 Å². The first kappa shape index (κ1) is 22.2. The third kappa shape index (κ3) is 6.25. The van der Waals surface area contributed by atoms with E-state index >= 15 is 0 Å². The van der Waals surface area contributed by atoms with Gasteiger partial charge in [-0.05, 0) is 30.7 Å². The third-order valence-corrected chi connectivity index (χ3v) is 7.46. The monoisotopic (exact) mass is 480 g/mol. The molecule has 0 radical (unpaired) electrons. The molecule has 0 aromatic carbocycles. The van der Waals surface area contributed by atoms with E-state index in [0.29, 0.717) is 24.9 Å². The van der Waals surface area contributed by atoms with E-state index in [2.05, 4.69) is 25.7 Å². The van der Waals surface area contributed by atoms with Gasteiger partial charge in [0.05, 0.1) is 23.3 Å². The maximum Gasteiger partial charge on any atom is 0.257 e. The van der Waals surface area contributed by atoms with Gasteiger partial charge >= 0.3 is 0 Å². The molecule has 1 unspecified atom stereocenters. The zero-order chi connectivity index (χ0) is 21.5. The summed E-state index contributed by atoms with van der Waals surface area (Å²) in [6, 6.07) is 3.87. The Labute approximate surface area is 192 Å². The van der Waals surface area contributed by atoms with Crippen LogP contribution >= 0.6 is 34.4 Å². The van der Waals surface area contributed by atoms with Crippen LogP contribution in [0, 0.1) is 0 Å². The van der Waals surface area contributed by atoms with Crippen LogP contribution < -0.4 is 5.32 Å². The van der Waals surface area contributed by atoms with Gasteiger partial charge in [0, 0.05) is 19.7 Å². The van der Waals surface area contributed by atoms with Crippen LogP contribution in [0.15, 0.2) is 26.3 Å². The molecule has 4 rings (SSSR count). The van der Waals surface area contributed by atoms with E-state index in [1.54, 1.807) is 4.90 Å². The number of amides is 1. The van der Waals surface area contributed by atoms with Crippen molar-refractivity contribution in [3.8, 4) is 10.8 Å². The van der Waals surface area contributed by atoms with E-state index in [4.69, 9.17) is 9.15 Å². The number of rotatable bonds is 11. The fourth-order valence-corrected chi connectivity index (χ4v) is 5.41. The number of aromatic nitrogens is 4. The lowest BCUT2D eigenvalue weighted by Gasteiger charge is -2.19. The summed E-state index contributed by atoms with van der Waals surface area (Å²) in [4.78, 5) is 15.5. The minimum absolute atomic E-state index is 0.00629. The molecular weight excluding hydrogens is 456 g/mol. The van der Waals surface area contributed by atoms with Gasteiger partial charge in [-0.15, -0.1) is 31.7 Å². The molecule has 1 amide bonds. The van der Waals surface area contributed by atoms with Crippen LogP contribution in [0.25, 0.3) is 10.8 Å². The molecule has 0 spiro atoms. The van der Waals surface area contributed by atoms with Gasteiger partial charge in [-0.1, -0.05) is 36.1 Å². The van der Waals surface area contributed by atoms with E-state index in [1.807, 2.05) is 24.4 Å². The quantitative estimate of drug-likeness (QED) is 0.410. The van der Waals surface area contributed by atoms with Crippen molar-refractivity contribution in [2.75, 3.05) is 30.8 Å². The molecule has 0 bridgehead atoms. The second kappa shape index (κ2) is 11.0. The minimum Gasteiger partial charge on any atom is -0.418 e. The molecule has 3 aromatic heterocycles. The van der Waals surface area contributed by atoms with Crippen molar-refractivity contribution >= 4 is 45.5 Å². The molecule has 1 N–H and O–H groups in total. The summed E-state index contributed by atoms with van der Waals surface area (Å²) in [5.74, 6) is 1.21.